The molecule has 0 aliphatic rings. The number of carbonyl (C=O) groups excluding carboxylic acids is 1. The number of hydrogen-bond donors (Lipinski definition) is 3. The van der Waals surface area contributed by atoms with Crippen molar-refractivity contribution in [3.8, 4) is 23.0 Å². The molecule has 0 fully saturated rings. The van der Waals surface area contributed by atoms with Gasteiger partial charge in [-0.3, -0.25) is 4.79 Å². The highest BCUT2D eigenvalue weighted by molar-refractivity contribution is 5.97. The fourth-order valence-electron chi connectivity index (χ4n) is 1.81. The molecule has 7 heteroatoms. The molecular weight excluding hydrogens is 300 g/mol. The van der Waals surface area contributed by atoms with E-state index in [1.165, 1.54) is 44.7 Å². The highest BCUT2D eigenvalue weighted by Gasteiger charge is 2.11. The van der Waals surface area contributed by atoms with Gasteiger partial charge >= 0.3 is 0 Å². The van der Waals surface area contributed by atoms with E-state index in [4.69, 9.17) is 9.47 Å². The molecule has 0 saturated heterocycles. The largest absolute Gasteiger partial charge is 0.507 e. The van der Waals surface area contributed by atoms with Gasteiger partial charge in [0.2, 0.25) is 0 Å². The second-order valence-corrected chi connectivity index (χ2v) is 4.51. The Morgan fingerprint density at radius 1 is 1.04 bits per heavy atom. The monoisotopic (exact) mass is 316 g/mol. The maximum Gasteiger partial charge on any atom is 0.275 e. The minimum absolute atomic E-state index is 0.00646. The predicted molar refractivity (Wildman–Crippen MR) is 84.4 cm³/mol. The van der Waals surface area contributed by atoms with Crippen molar-refractivity contribution < 1.29 is 24.5 Å². The molecule has 120 valence electrons. The molecule has 0 unspecified atom stereocenters. The molecule has 0 spiro atoms. The Bertz CT molecular complexity index is 743. The van der Waals surface area contributed by atoms with E-state index in [1.54, 1.807) is 12.1 Å². The van der Waals surface area contributed by atoms with Crippen molar-refractivity contribution in [1.29, 1.82) is 0 Å². The van der Waals surface area contributed by atoms with Gasteiger partial charge in [0.15, 0.2) is 0 Å². The van der Waals surface area contributed by atoms with Crippen LogP contribution in [0.3, 0.4) is 0 Å². The van der Waals surface area contributed by atoms with E-state index in [2.05, 4.69) is 10.5 Å². The number of nitrogens with zero attached hydrogens (tertiary/aromatic N) is 1. The minimum Gasteiger partial charge on any atom is -0.507 e. The maximum atomic E-state index is 12.0. The summed E-state index contributed by atoms with van der Waals surface area (Å²) in [5.74, 6) is 0.166. The molecule has 0 atom stereocenters. The van der Waals surface area contributed by atoms with Gasteiger partial charge in [0.25, 0.3) is 5.91 Å². The van der Waals surface area contributed by atoms with Crippen LogP contribution in [0.25, 0.3) is 0 Å². The summed E-state index contributed by atoms with van der Waals surface area (Å²) in [6, 6.07) is 8.89. The number of phenols is 2. The van der Waals surface area contributed by atoms with Crippen molar-refractivity contribution in [2.75, 3.05) is 14.2 Å². The van der Waals surface area contributed by atoms with E-state index in [0.717, 1.165) is 0 Å². The van der Waals surface area contributed by atoms with Crippen LogP contribution in [-0.4, -0.2) is 36.6 Å². The SMILES string of the molecule is COc1ccc(O)c(/C=N/NC(=O)c2cc(OC)ccc2O)c1. The summed E-state index contributed by atoms with van der Waals surface area (Å²) in [7, 11) is 2.96. The first-order valence-corrected chi connectivity index (χ1v) is 6.62. The van der Waals surface area contributed by atoms with Crippen LogP contribution in [-0.2, 0) is 0 Å². The number of ether oxygens (including phenoxy) is 2. The molecular formula is C16H16N2O5. The van der Waals surface area contributed by atoms with Gasteiger partial charge in [-0.15, -0.1) is 0 Å². The van der Waals surface area contributed by atoms with Crippen molar-refractivity contribution in [3.05, 3.63) is 47.5 Å². The molecule has 0 aromatic heterocycles. The zero-order chi connectivity index (χ0) is 16.8. The molecule has 2 rings (SSSR count). The highest BCUT2D eigenvalue weighted by Crippen LogP contribution is 2.23. The molecule has 2 aromatic rings. The van der Waals surface area contributed by atoms with Crippen LogP contribution in [0.2, 0.25) is 0 Å². The number of aromatic hydroxyl groups is 2. The van der Waals surface area contributed by atoms with E-state index < -0.39 is 5.91 Å². The zero-order valence-corrected chi connectivity index (χ0v) is 12.6. The van der Waals surface area contributed by atoms with Crippen LogP contribution in [0.1, 0.15) is 15.9 Å². The third kappa shape index (κ3) is 3.91. The number of phenolic OH excluding ortho intramolecular Hbond substituents is 2. The average Bonchev–Trinajstić information content (AvgIpc) is 2.56. The lowest BCUT2D eigenvalue weighted by molar-refractivity contribution is 0.0952. The molecule has 7 nitrogen and oxygen atoms in total. The first-order valence-electron chi connectivity index (χ1n) is 6.62. The number of hydrazone groups is 1. The normalized spacial score (nSPS) is 10.5. The van der Waals surface area contributed by atoms with Gasteiger partial charge in [-0.25, -0.2) is 5.43 Å². The molecule has 3 N–H and O–H groups in total. The van der Waals surface area contributed by atoms with Gasteiger partial charge in [-0.05, 0) is 36.4 Å². The lowest BCUT2D eigenvalue weighted by Gasteiger charge is -2.06. The van der Waals surface area contributed by atoms with Gasteiger partial charge in [0, 0.05) is 5.56 Å². The maximum absolute atomic E-state index is 12.0. The summed E-state index contributed by atoms with van der Waals surface area (Å²) in [5, 5.41) is 23.2. The number of nitrogens with one attached hydrogen (secondary N) is 1. The van der Waals surface area contributed by atoms with E-state index in [9.17, 15) is 15.0 Å². The van der Waals surface area contributed by atoms with Crippen LogP contribution in [0.15, 0.2) is 41.5 Å². The number of hydrogen-bond acceptors (Lipinski definition) is 6. The second-order valence-electron chi connectivity index (χ2n) is 4.51. The standard InChI is InChI=1S/C16H16N2O5/c1-22-11-3-5-14(19)10(7-11)9-17-18-16(21)13-8-12(23-2)4-6-15(13)20/h3-9,19-20H,1-2H3,(H,18,21)/b17-9+. The third-order valence-corrected chi connectivity index (χ3v) is 3.05. The number of carbonyl (C=O) groups is 1. The van der Waals surface area contributed by atoms with E-state index in [0.29, 0.717) is 17.1 Å². The first-order chi connectivity index (χ1) is 11.0. The molecule has 0 aliphatic carbocycles. The average molecular weight is 316 g/mol. The van der Waals surface area contributed by atoms with Crippen molar-refractivity contribution in [2.24, 2.45) is 5.10 Å². The Balaban J connectivity index is 2.13. The van der Waals surface area contributed by atoms with Crippen molar-refractivity contribution in [3.63, 3.8) is 0 Å². The molecule has 2 aromatic carbocycles. The lowest BCUT2D eigenvalue weighted by Crippen LogP contribution is -2.17. The van der Waals surface area contributed by atoms with E-state index in [1.807, 2.05) is 0 Å². The second kappa shape index (κ2) is 7.17. The zero-order valence-electron chi connectivity index (χ0n) is 12.6. The van der Waals surface area contributed by atoms with Gasteiger partial charge in [-0.1, -0.05) is 0 Å². The van der Waals surface area contributed by atoms with E-state index in [-0.39, 0.29) is 17.1 Å². The summed E-state index contributed by atoms with van der Waals surface area (Å²) in [6.07, 6.45) is 1.27. The molecule has 0 bridgehead atoms. The number of rotatable bonds is 5. The summed E-state index contributed by atoms with van der Waals surface area (Å²) in [4.78, 5) is 12.0. The van der Waals surface area contributed by atoms with Crippen molar-refractivity contribution in [2.45, 2.75) is 0 Å². The van der Waals surface area contributed by atoms with Gasteiger partial charge in [-0.2, -0.15) is 5.10 Å². The van der Waals surface area contributed by atoms with E-state index >= 15 is 0 Å². The van der Waals surface area contributed by atoms with Gasteiger partial charge in [0.05, 0.1) is 26.0 Å². The molecule has 0 aliphatic heterocycles. The Hall–Kier alpha value is -3.22. The molecule has 0 saturated carbocycles. The Morgan fingerprint density at radius 3 is 2.30 bits per heavy atom. The van der Waals surface area contributed by atoms with Crippen LogP contribution in [0.5, 0.6) is 23.0 Å². The molecule has 1 amide bonds. The molecule has 0 radical (unpaired) electrons. The lowest BCUT2D eigenvalue weighted by atomic mass is 10.2. The van der Waals surface area contributed by atoms with Crippen LogP contribution < -0.4 is 14.9 Å². The van der Waals surface area contributed by atoms with Crippen molar-refractivity contribution in [1.82, 2.24) is 5.43 Å². The number of methoxy groups -OCH3 is 2. The fraction of sp³-hybridized carbons (Fsp3) is 0.125. The quantitative estimate of drug-likeness (QED) is 0.577. The molecule has 23 heavy (non-hydrogen) atoms. The minimum atomic E-state index is -0.611. The third-order valence-electron chi connectivity index (χ3n) is 3.05. The summed E-state index contributed by atoms with van der Waals surface area (Å²) in [5.41, 5.74) is 2.67. The summed E-state index contributed by atoms with van der Waals surface area (Å²) in [6.45, 7) is 0. The number of amides is 1. The first kappa shape index (κ1) is 16.2. The summed E-state index contributed by atoms with van der Waals surface area (Å²) >= 11 is 0. The highest BCUT2D eigenvalue weighted by atomic mass is 16.5. The Morgan fingerprint density at radius 2 is 1.65 bits per heavy atom. The topological polar surface area (TPSA) is 100 Å². The van der Waals surface area contributed by atoms with Crippen LogP contribution in [0, 0.1) is 0 Å². The van der Waals surface area contributed by atoms with Gasteiger partial charge < -0.3 is 19.7 Å². The fourth-order valence-corrected chi connectivity index (χ4v) is 1.81. The Kier molecular flexibility index (Phi) is 5.03. The van der Waals surface area contributed by atoms with Crippen molar-refractivity contribution >= 4 is 12.1 Å². The Labute approximate surface area is 132 Å². The van der Waals surface area contributed by atoms with Gasteiger partial charge in [0.1, 0.15) is 23.0 Å². The molecule has 0 heterocycles. The predicted octanol–water partition coefficient (Wildman–Crippen LogP) is 1.88. The van der Waals surface area contributed by atoms with Crippen LogP contribution >= 0.6 is 0 Å². The summed E-state index contributed by atoms with van der Waals surface area (Å²) < 4.78 is 10.0. The van der Waals surface area contributed by atoms with Crippen LogP contribution in [0.4, 0.5) is 0 Å². The smallest absolute Gasteiger partial charge is 0.275 e. The number of benzene rings is 2.